The number of aromatic nitrogens is 2. The van der Waals surface area contributed by atoms with E-state index in [0.717, 1.165) is 12.1 Å². The molecule has 0 aliphatic carbocycles. The molecule has 5 nitrogen and oxygen atoms in total. The fourth-order valence-electron chi connectivity index (χ4n) is 3.03. The fourth-order valence-corrected chi connectivity index (χ4v) is 4.29. The molecule has 0 radical (unpaired) electrons. The summed E-state index contributed by atoms with van der Waals surface area (Å²) >= 11 is 0. The summed E-state index contributed by atoms with van der Waals surface area (Å²) in [5.74, 6) is 0.153. The van der Waals surface area contributed by atoms with E-state index in [1.807, 2.05) is 6.07 Å². The third-order valence-electron chi connectivity index (χ3n) is 4.35. The molecule has 1 amide bonds. The summed E-state index contributed by atoms with van der Waals surface area (Å²) in [6.07, 6.45) is -4.54. The van der Waals surface area contributed by atoms with Crippen molar-refractivity contribution in [2.45, 2.75) is 17.7 Å². The average Bonchev–Trinajstić information content (AvgIpc) is 3.19. The first kappa shape index (κ1) is 18.4. The number of rotatable bonds is 3. The molecule has 0 spiro atoms. The molecule has 28 heavy (non-hydrogen) atoms. The fraction of sp³-hybridized carbons (Fsp3) is 0.158. The molecule has 1 aromatic heterocycles. The molecule has 0 saturated heterocycles. The van der Waals surface area contributed by atoms with Crippen LogP contribution in [0.3, 0.4) is 0 Å². The molecule has 0 saturated carbocycles. The standard InChI is InChI=1S/C19H14F3N3O2S/c20-19(21,22)13-6-4-5-12(9-13)18(26)23-17-15-10-28(27)11-16(15)24-25(17)14-7-2-1-3-8-14/h1-9H,10-11H2,(H,23,26)/t28-/m1/s1. The van der Waals surface area contributed by atoms with Crippen molar-refractivity contribution < 1.29 is 22.2 Å². The highest BCUT2D eigenvalue weighted by atomic mass is 32.2. The van der Waals surface area contributed by atoms with Gasteiger partial charge in [0.1, 0.15) is 5.82 Å². The van der Waals surface area contributed by atoms with Gasteiger partial charge < -0.3 is 5.32 Å². The van der Waals surface area contributed by atoms with Gasteiger partial charge in [-0.2, -0.15) is 18.3 Å². The number of hydrogen-bond acceptors (Lipinski definition) is 3. The van der Waals surface area contributed by atoms with Gasteiger partial charge >= 0.3 is 6.18 Å². The minimum absolute atomic E-state index is 0.122. The van der Waals surface area contributed by atoms with Crippen molar-refractivity contribution in [3.05, 3.63) is 77.0 Å². The smallest absolute Gasteiger partial charge is 0.306 e. The zero-order valence-electron chi connectivity index (χ0n) is 14.4. The Morgan fingerprint density at radius 2 is 1.82 bits per heavy atom. The number of amides is 1. The number of alkyl halides is 3. The molecular formula is C19H14F3N3O2S. The number of para-hydroxylation sites is 1. The minimum atomic E-state index is -4.54. The van der Waals surface area contributed by atoms with E-state index in [1.54, 1.807) is 24.3 Å². The van der Waals surface area contributed by atoms with Crippen LogP contribution in [0.5, 0.6) is 0 Å². The first-order valence-corrected chi connectivity index (χ1v) is 9.81. The highest BCUT2D eigenvalue weighted by Gasteiger charge is 2.32. The van der Waals surface area contributed by atoms with Gasteiger partial charge in [-0.15, -0.1) is 0 Å². The van der Waals surface area contributed by atoms with Crippen LogP contribution in [-0.2, 0) is 28.5 Å². The van der Waals surface area contributed by atoms with Crippen LogP contribution in [0.1, 0.15) is 27.2 Å². The molecule has 1 N–H and O–H groups in total. The van der Waals surface area contributed by atoms with E-state index >= 15 is 0 Å². The van der Waals surface area contributed by atoms with E-state index in [1.165, 1.54) is 16.8 Å². The average molecular weight is 405 g/mol. The van der Waals surface area contributed by atoms with Gasteiger partial charge in [0.2, 0.25) is 0 Å². The van der Waals surface area contributed by atoms with Crippen molar-refractivity contribution in [2.75, 3.05) is 5.32 Å². The maximum atomic E-state index is 12.9. The van der Waals surface area contributed by atoms with E-state index in [2.05, 4.69) is 10.4 Å². The van der Waals surface area contributed by atoms with Gasteiger partial charge in [0.15, 0.2) is 0 Å². The topological polar surface area (TPSA) is 64.0 Å². The number of anilines is 1. The molecule has 144 valence electrons. The Morgan fingerprint density at radius 1 is 1.07 bits per heavy atom. The minimum Gasteiger partial charge on any atom is -0.306 e. The first-order valence-electron chi connectivity index (χ1n) is 8.33. The maximum Gasteiger partial charge on any atom is 0.416 e. The second kappa shape index (κ2) is 6.90. The van der Waals surface area contributed by atoms with E-state index in [9.17, 15) is 22.2 Å². The van der Waals surface area contributed by atoms with Gasteiger partial charge in [-0.25, -0.2) is 4.68 Å². The third-order valence-corrected chi connectivity index (χ3v) is 5.56. The summed E-state index contributed by atoms with van der Waals surface area (Å²) in [4.78, 5) is 12.7. The second-order valence-corrected chi connectivity index (χ2v) is 7.74. The van der Waals surface area contributed by atoms with Crippen LogP contribution in [0.2, 0.25) is 0 Å². The molecule has 9 heteroatoms. The Hall–Kier alpha value is -2.94. The van der Waals surface area contributed by atoms with E-state index < -0.39 is 28.4 Å². The van der Waals surface area contributed by atoms with Crippen LogP contribution in [0, 0.1) is 0 Å². The Kier molecular flexibility index (Phi) is 4.54. The number of fused-ring (bicyclic) bond motifs is 1. The molecule has 1 aliphatic rings. The predicted octanol–water partition coefficient (Wildman–Crippen LogP) is 3.91. The SMILES string of the molecule is O=C(Nc1c2c(nn1-c1ccccc1)C[S@](=O)C2)c1cccc(C(F)(F)F)c1. The number of nitrogens with one attached hydrogen (secondary N) is 1. The summed E-state index contributed by atoms with van der Waals surface area (Å²) in [6, 6.07) is 13.2. The van der Waals surface area contributed by atoms with Gasteiger partial charge in [-0.05, 0) is 30.3 Å². The van der Waals surface area contributed by atoms with Gasteiger partial charge in [-0.3, -0.25) is 9.00 Å². The summed E-state index contributed by atoms with van der Waals surface area (Å²) in [5, 5.41) is 7.11. The maximum absolute atomic E-state index is 12.9. The summed E-state index contributed by atoms with van der Waals surface area (Å²) in [7, 11) is -1.11. The van der Waals surface area contributed by atoms with Gasteiger partial charge in [0.25, 0.3) is 5.91 Å². The molecule has 4 rings (SSSR count). The van der Waals surface area contributed by atoms with Crippen LogP contribution in [0.25, 0.3) is 5.69 Å². The Labute approximate surface area is 160 Å². The van der Waals surface area contributed by atoms with Crippen molar-refractivity contribution >= 4 is 22.5 Å². The lowest BCUT2D eigenvalue weighted by atomic mass is 10.1. The van der Waals surface area contributed by atoms with Crippen molar-refractivity contribution in [1.82, 2.24) is 9.78 Å². The summed E-state index contributed by atoms with van der Waals surface area (Å²) < 4.78 is 52.2. The van der Waals surface area contributed by atoms with E-state index in [4.69, 9.17) is 0 Å². The van der Waals surface area contributed by atoms with Gasteiger partial charge in [0, 0.05) is 21.9 Å². The van der Waals surface area contributed by atoms with Crippen molar-refractivity contribution in [1.29, 1.82) is 0 Å². The van der Waals surface area contributed by atoms with Crippen molar-refractivity contribution in [2.24, 2.45) is 0 Å². The lowest BCUT2D eigenvalue weighted by Crippen LogP contribution is -2.17. The van der Waals surface area contributed by atoms with Crippen LogP contribution >= 0.6 is 0 Å². The number of nitrogens with zero attached hydrogens (tertiary/aromatic N) is 2. The Balaban J connectivity index is 1.72. The largest absolute Gasteiger partial charge is 0.416 e. The molecule has 1 aliphatic heterocycles. The van der Waals surface area contributed by atoms with E-state index in [-0.39, 0.29) is 17.1 Å². The number of hydrogen-bond donors (Lipinski definition) is 1. The zero-order chi connectivity index (χ0) is 19.9. The Morgan fingerprint density at radius 3 is 2.54 bits per heavy atom. The predicted molar refractivity (Wildman–Crippen MR) is 98.5 cm³/mol. The zero-order valence-corrected chi connectivity index (χ0v) is 15.2. The van der Waals surface area contributed by atoms with Crippen LogP contribution < -0.4 is 5.32 Å². The molecule has 0 unspecified atom stereocenters. The number of halogens is 3. The third kappa shape index (κ3) is 3.45. The summed E-state index contributed by atoms with van der Waals surface area (Å²) in [5.41, 5.74) is 0.914. The number of carbonyl (C=O) groups excluding carboxylic acids is 1. The molecule has 2 aromatic carbocycles. The number of carbonyl (C=O) groups is 1. The highest BCUT2D eigenvalue weighted by molar-refractivity contribution is 7.83. The molecule has 3 aromatic rings. The van der Waals surface area contributed by atoms with E-state index in [0.29, 0.717) is 22.8 Å². The van der Waals surface area contributed by atoms with Crippen LogP contribution in [-0.4, -0.2) is 19.9 Å². The van der Waals surface area contributed by atoms with Crippen molar-refractivity contribution in [3.8, 4) is 5.69 Å². The Bertz CT molecular complexity index is 1080. The lowest BCUT2D eigenvalue weighted by molar-refractivity contribution is -0.137. The summed E-state index contributed by atoms with van der Waals surface area (Å²) in [6.45, 7) is 0. The molecule has 0 fully saturated rings. The van der Waals surface area contributed by atoms with Gasteiger partial charge in [-0.1, -0.05) is 24.3 Å². The van der Waals surface area contributed by atoms with Crippen LogP contribution in [0.4, 0.5) is 19.0 Å². The molecule has 1 atom stereocenters. The quantitative estimate of drug-likeness (QED) is 0.719. The second-order valence-electron chi connectivity index (χ2n) is 6.28. The first-order chi connectivity index (χ1) is 13.3. The normalized spacial score (nSPS) is 16.0. The van der Waals surface area contributed by atoms with Crippen molar-refractivity contribution in [3.63, 3.8) is 0 Å². The lowest BCUT2D eigenvalue weighted by Gasteiger charge is -2.12. The molecule has 2 heterocycles. The highest BCUT2D eigenvalue weighted by Crippen LogP contribution is 2.32. The van der Waals surface area contributed by atoms with Gasteiger partial charge in [0.05, 0.1) is 28.5 Å². The molecular weight excluding hydrogens is 391 g/mol. The number of benzene rings is 2. The van der Waals surface area contributed by atoms with Crippen LogP contribution in [0.15, 0.2) is 54.6 Å². The monoisotopic (exact) mass is 405 g/mol. The molecule has 0 bridgehead atoms.